The van der Waals surface area contributed by atoms with Crippen molar-refractivity contribution in [3.05, 3.63) is 35.1 Å². The number of benzene rings is 1. The maximum atomic E-state index is 13.3. The quantitative estimate of drug-likeness (QED) is 0.733. The van der Waals surface area contributed by atoms with E-state index in [1.165, 1.54) is 6.07 Å². The Bertz CT molecular complexity index is 456. The Morgan fingerprint density at radius 2 is 2.12 bits per heavy atom. The van der Waals surface area contributed by atoms with Gasteiger partial charge in [-0.05, 0) is 30.5 Å². The zero-order chi connectivity index (χ0) is 11.7. The minimum atomic E-state index is -0.409. The Hall–Kier alpha value is -1.71. The first kappa shape index (κ1) is 10.8. The highest BCUT2D eigenvalue weighted by Crippen LogP contribution is 2.25. The smallest absolute Gasteiger partial charge is 0.234 e. The second-order valence-electron chi connectivity index (χ2n) is 4.01. The fourth-order valence-electron chi connectivity index (χ4n) is 1.84. The molecule has 1 heterocycles. The first-order chi connectivity index (χ1) is 7.58. The molecule has 1 aromatic carbocycles. The number of piperidine rings is 1. The maximum absolute atomic E-state index is 13.3. The van der Waals surface area contributed by atoms with Gasteiger partial charge in [0.15, 0.2) is 0 Å². The molecule has 0 aromatic heterocycles. The van der Waals surface area contributed by atoms with Gasteiger partial charge in [0.2, 0.25) is 11.8 Å². The molecule has 0 saturated carbocycles. The van der Waals surface area contributed by atoms with Crippen molar-refractivity contribution in [3.8, 4) is 0 Å². The summed E-state index contributed by atoms with van der Waals surface area (Å²) >= 11 is 0. The molecule has 0 aliphatic carbocycles. The third kappa shape index (κ3) is 1.96. The van der Waals surface area contributed by atoms with Crippen LogP contribution in [0.1, 0.15) is 29.9 Å². The van der Waals surface area contributed by atoms with E-state index in [-0.39, 0.29) is 17.6 Å². The fraction of sp³-hybridized carbons (Fsp3) is 0.333. The van der Waals surface area contributed by atoms with Crippen LogP contribution in [0.3, 0.4) is 0 Å². The number of nitrogens with one attached hydrogen (secondary N) is 1. The molecule has 0 spiro atoms. The molecule has 1 N–H and O–H groups in total. The molecule has 3 nitrogen and oxygen atoms in total. The standard InChI is InChI=1S/C12H12FNO2/c1-7-2-3-8(6-10(7)13)9-4-5-11(15)14-12(9)16/h2-3,6,9H,4-5H2,1H3,(H,14,15,16)/t9-/m1/s1. The number of aryl methyl sites for hydroxylation is 1. The minimum Gasteiger partial charge on any atom is -0.296 e. The van der Waals surface area contributed by atoms with Crippen molar-refractivity contribution < 1.29 is 14.0 Å². The number of carbonyl (C=O) groups is 2. The highest BCUT2D eigenvalue weighted by molar-refractivity contribution is 6.00. The lowest BCUT2D eigenvalue weighted by Crippen LogP contribution is -2.39. The third-order valence-electron chi connectivity index (χ3n) is 2.84. The van der Waals surface area contributed by atoms with Gasteiger partial charge in [-0.15, -0.1) is 0 Å². The highest BCUT2D eigenvalue weighted by atomic mass is 19.1. The van der Waals surface area contributed by atoms with Gasteiger partial charge in [-0.3, -0.25) is 14.9 Å². The largest absolute Gasteiger partial charge is 0.296 e. The zero-order valence-corrected chi connectivity index (χ0v) is 8.92. The van der Waals surface area contributed by atoms with Crippen molar-refractivity contribution in [2.24, 2.45) is 0 Å². The van der Waals surface area contributed by atoms with E-state index in [9.17, 15) is 14.0 Å². The molecule has 1 fully saturated rings. The van der Waals surface area contributed by atoms with Gasteiger partial charge < -0.3 is 0 Å². The average molecular weight is 221 g/mol. The molecule has 1 saturated heterocycles. The maximum Gasteiger partial charge on any atom is 0.234 e. The Labute approximate surface area is 92.7 Å². The summed E-state index contributed by atoms with van der Waals surface area (Å²) < 4.78 is 13.3. The van der Waals surface area contributed by atoms with Crippen LogP contribution in [0.25, 0.3) is 0 Å². The average Bonchev–Trinajstić information content (AvgIpc) is 2.22. The van der Waals surface area contributed by atoms with E-state index in [0.717, 1.165) is 0 Å². The summed E-state index contributed by atoms with van der Waals surface area (Å²) in [5.41, 5.74) is 1.18. The summed E-state index contributed by atoms with van der Waals surface area (Å²) in [5, 5.41) is 2.26. The first-order valence-electron chi connectivity index (χ1n) is 5.17. The number of hydrogen-bond donors (Lipinski definition) is 1. The summed E-state index contributed by atoms with van der Waals surface area (Å²) in [4.78, 5) is 22.5. The zero-order valence-electron chi connectivity index (χ0n) is 8.92. The number of halogens is 1. The molecule has 0 unspecified atom stereocenters. The Kier molecular flexibility index (Phi) is 2.73. The predicted octanol–water partition coefficient (Wildman–Crippen LogP) is 1.65. The fourth-order valence-corrected chi connectivity index (χ4v) is 1.84. The van der Waals surface area contributed by atoms with Crippen molar-refractivity contribution >= 4 is 11.8 Å². The lowest BCUT2D eigenvalue weighted by Gasteiger charge is -2.21. The molecule has 0 bridgehead atoms. The second kappa shape index (κ2) is 4.04. The van der Waals surface area contributed by atoms with Gasteiger partial charge in [0.05, 0.1) is 5.92 Å². The molecule has 2 amide bonds. The van der Waals surface area contributed by atoms with E-state index < -0.39 is 5.92 Å². The van der Waals surface area contributed by atoms with Crippen molar-refractivity contribution in [1.82, 2.24) is 5.32 Å². The monoisotopic (exact) mass is 221 g/mol. The molecular formula is C12H12FNO2. The molecule has 2 rings (SSSR count). The van der Waals surface area contributed by atoms with E-state index in [1.54, 1.807) is 19.1 Å². The van der Waals surface area contributed by atoms with Crippen LogP contribution < -0.4 is 5.32 Å². The number of hydrogen-bond acceptors (Lipinski definition) is 2. The lowest BCUT2D eigenvalue weighted by atomic mass is 9.90. The highest BCUT2D eigenvalue weighted by Gasteiger charge is 2.28. The van der Waals surface area contributed by atoms with E-state index in [2.05, 4.69) is 5.32 Å². The minimum absolute atomic E-state index is 0.256. The predicted molar refractivity (Wildman–Crippen MR) is 56.3 cm³/mol. The van der Waals surface area contributed by atoms with Gasteiger partial charge >= 0.3 is 0 Å². The Balaban J connectivity index is 2.27. The van der Waals surface area contributed by atoms with Crippen LogP contribution in [-0.2, 0) is 9.59 Å². The molecule has 1 atom stereocenters. The van der Waals surface area contributed by atoms with Gasteiger partial charge in [-0.1, -0.05) is 12.1 Å². The van der Waals surface area contributed by atoms with Crippen LogP contribution in [0.5, 0.6) is 0 Å². The van der Waals surface area contributed by atoms with Gasteiger partial charge in [-0.25, -0.2) is 4.39 Å². The molecule has 1 aliphatic heterocycles. The van der Waals surface area contributed by atoms with Crippen molar-refractivity contribution in [2.45, 2.75) is 25.7 Å². The van der Waals surface area contributed by atoms with Crippen LogP contribution >= 0.6 is 0 Å². The second-order valence-corrected chi connectivity index (χ2v) is 4.01. The summed E-state index contributed by atoms with van der Waals surface area (Å²) in [6, 6.07) is 4.75. The number of carbonyl (C=O) groups excluding carboxylic acids is 2. The third-order valence-corrected chi connectivity index (χ3v) is 2.84. The normalized spacial score (nSPS) is 20.8. The van der Waals surface area contributed by atoms with Gasteiger partial charge in [0, 0.05) is 6.42 Å². The van der Waals surface area contributed by atoms with Crippen LogP contribution in [0.4, 0.5) is 4.39 Å². The van der Waals surface area contributed by atoms with Crippen molar-refractivity contribution in [2.75, 3.05) is 0 Å². The number of imide groups is 1. The summed E-state index contributed by atoms with van der Waals surface area (Å²) in [6.07, 6.45) is 0.763. The van der Waals surface area contributed by atoms with Gasteiger partial charge in [0.1, 0.15) is 5.82 Å². The first-order valence-corrected chi connectivity index (χ1v) is 5.17. The van der Waals surface area contributed by atoms with Crippen LogP contribution in [-0.4, -0.2) is 11.8 Å². The van der Waals surface area contributed by atoms with E-state index >= 15 is 0 Å². The molecular weight excluding hydrogens is 209 g/mol. The van der Waals surface area contributed by atoms with Crippen molar-refractivity contribution in [1.29, 1.82) is 0 Å². The van der Waals surface area contributed by atoms with E-state index in [4.69, 9.17) is 0 Å². The van der Waals surface area contributed by atoms with Gasteiger partial charge in [0.25, 0.3) is 0 Å². The van der Waals surface area contributed by atoms with E-state index in [0.29, 0.717) is 24.0 Å². The topological polar surface area (TPSA) is 46.2 Å². The Morgan fingerprint density at radius 3 is 2.75 bits per heavy atom. The molecule has 1 aromatic rings. The molecule has 84 valence electrons. The molecule has 1 aliphatic rings. The van der Waals surface area contributed by atoms with Crippen LogP contribution in [0, 0.1) is 12.7 Å². The molecule has 4 heteroatoms. The summed E-state index contributed by atoms with van der Waals surface area (Å²) in [5.74, 6) is -1.32. The van der Waals surface area contributed by atoms with Gasteiger partial charge in [-0.2, -0.15) is 0 Å². The number of amides is 2. The SMILES string of the molecule is Cc1ccc([C@H]2CCC(=O)NC2=O)cc1F. The molecule has 0 radical (unpaired) electrons. The summed E-state index contributed by atoms with van der Waals surface area (Å²) in [6.45, 7) is 1.67. The Morgan fingerprint density at radius 1 is 1.38 bits per heavy atom. The van der Waals surface area contributed by atoms with E-state index in [1.807, 2.05) is 0 Å². The van der Waals surface area contributed by atoms with Crippen LogP contribution in [0.15, 0.2) is 18.2 Å². The number of rotatable bonds is 1. The lowest BCUT2D eigenvalue weighted by molar-refractivity contribution is -0.134. The van der Waals surface area contributed by atoms with Crippen molar-refractivity contribution in [3.63, 3.8) is 0 Å². The summed E-state index contributed by atoms with van der Waals surface area (Å²) in [7, 11) is 0. The molecule has 16 heavy (non-hydrogen) atoms. The van der Waals surface area contributed by atoms with Crippen LogP contribution in [0.2, 0.25) is 0 Å².